The molecule has 0 atom stereocenters. The lowest BCUT2D eigenvalue weighted by Gasteiger charge is -2.16. The van der Waals surface area contributed by atoms with Crippen LogP contribution in [0.1, 0.15) is 17.7 Å². The molecule has 2 aromatic rings. The molecule has 2 rings (SSSR count). The van der Waals surface area contributed by atoms with E-state index in [9.17, 15) is 14.9 Å². The monoisotopic (exact) mass is 306 g/mol. The van der Waals surface area contributed by atoms with Crippen LogP contribution in [0.5, 0.6) is 0 Å². The van der Waals surface area contributed by atoms with Crippen LogP contribution in [0.15, 0.2) is 18.6 Å². The molecule has 2 heterocycles. The smallest absolute Gasteiger partial charge is 0.306 e. The number of aromatic nitrogens is 4. The summed E-state index contributed by atoms with van der Waals surface area (Å²) in [7, 11) is 3.57. The van der Waals surface area contributed by atoms with Gasteiger partial charge in [0, 0.05) is 44.9 Å². The van der Waals surface area contributed by atoms with Crippen molar-refractivity contribution in [1.82, 2.24) is 24.5 Å². The Hall–Kier alpha value is -2.71. The van der Waals surface area contributed by atoms with Crippen molar-refractivity contribution < 1.29 is 9.72 Å². The Morgan fingerprint density at radius 3 is 2.68 bits per heavy atom. The summed E-state index contributed by atoms with van der Waals surface area (Å²) < 4.78 is 3.16. The lowest BCUT2D eigenvalue weighted by Crippen LogP contribution is -2.27. The van der Waals surface area contributed by atoms with Crippen LogP contribution in [-0.4, -0.2) is 42.3 Å². The molecule has 0 spiro atoms. The second kappa shape index (κ2) is 6.37. The minimum Gasteiger partial charge on any atom is -0.341 e. The SMILES string of the molecule is Cc1c(CN(C)C(=O)CCn2cc([N+](=O)[O-])cn2)cnn1C. The highest BCUT2D eigenvalue weighted by atomic mass is 16.6. The predicted molar refractivity (Wildman–Crippen MR) is 77.9 cm³/mol. The fourth-order valence-corrected chi connectivity index (χ4v) is 2.01. The molecule has 0 aromatic carbocycles. The molecule has 0 aliphatic heterocycles. The molecule has 0 bridgehead atoms. The van der Waals surface area contributed by atoms with Crippen LogP contribution in [0.3, 0.4) is 0 Å². The van der Waals surface area contributed by atoms with Crippen LogP contribution >= 0.6 is 0 Å². The van der Waals surface area contributed by atoms with Crippen molar-refractivity contribution in [2.45, 2.75) is 26.4 Å². The number of aryl methyl sites for hydroxylation is 2. The number of nitrogens with zero attached hydrogens (tertiary/aromatic N) is 6. The van der Waals surface area contributed by atoms with Crippen molar-refractivity contribution in [3.05, 3.63) is 40.0 Å². The Bertz CT molecular complexity index is 690. The van der Waals surface area contributed by atoms with Crippen molar-refractivity contribution >= 4 is 11.6 Å². The zero-order valence-corrected chi connectivity index (χ0v) is 12.8. The quantitative estimate of drug-likeness (QED) is 0.582. The molecule has 0 fully saturated rings. The van der Waals surface area contributed by atoms with Gasteiger partial charge in [0.1, 0.15) is 12.4 Å². The van der Waals surface area contributed by atoms with E-state index in [1.807, 2.05) is 14.0 Å². The third-order valence-electron chi connectivity index (χ3n) is 3.56. The third-order valence-corrected chi connectivity index (χ3v) is 3.56. The van der Waals surface area contributed by atoms with Gasteiger partial charge in [-0.1, -0.05) is 0 Å². The van der Waals surface area contributed by atoms with E-state index in [2.05, 4.69) is 10.2 Å². The lowest BCUT2D eigenvalue weighted by atomic mass is 10.2. The maximum atomic E-state index is 12.1. The number of amides is 1. The van der Waals surface area contributed by atoms with Gasteiger partial charge >= 0.3 is 5.69 Å². The maximum Gasteiger partial charge on any atom is 0.306 e. The molecule has 1 amide bonds. The molecule has 9 nitrogen and oxygen atoms in total. The minimum absolute atomic E-state index is 0.0543. The first kappa shape index (κ1) is 15.7. The maximum absolute atomic E-state index is 12.1. The zero-order chi connectivity index (χ0) is 16.3. The van der Waals surface area contributed by atoms with Gasteiger partial charge in [0.25, 0.3) is 0 Å². The second-order valence-electron chi connectivity index (χ2n) is 5.10. The fourth-order valence-electron chi connectivity index (χ4n) is 2.01. The van der Waals surface area contributed by atoms with Crippen LogP contribution in [0.25, 0.3) is 0 Å². The Morgan fingerprint density at radius 1 is 1.41 bits per heavy atom. The van der Waals surface area contributed by atoms with E-state index in [1.165, 1.54) is 17.1 Å². The third kappa shape index (κ3) is 3.48. The molecule has 9 heteroatoms. The first-order chi connectivity index (χ1) is 10.4. The van der Waals surface area contributed by atoms with E-state index in [0.29, 0.717) is 13.1 Å². The van der Waals surface area contributed by atoms with Crippen LogP contribution in [-0.2, 0) is 24.9 Å². The Morgan fingerprint density at radius 2 is 2.14 bits per heavy atom. The Kier molecular flexibility index (Phi) is 4.54. The van der Waals surface area contributed by atoms with Gasteiger partial charge in [-0.2, -0.15) is 10.2 Å². The molecule has 0 N–H and O–H groups in total. The van der Waals surface area contributed by atoms with Crippen LogP contribution in [0, 0.1) is 17.0 Å². The van der Waals surface area contributed by atoms with Crippen molar-refractivity contribution in [2.24, 2.45) is 7.05 Å². The number of nitro groups is 1. The van der Waals surface area contributed by atoms with E-state index in [0.717, 1.165) is 11.3 Å². The van der Waals surface area contributed by atoms with Gasteiger partial charge in [-0.15, -0.1) is 0 Å². The van der Waals surface area contributed by atoms with Gasteiger partial charge in [0.05, 0.1) is 11.1 Å². The minimum atomic E-state index is -0.511. The largest absolute Gasteiger partial charge is 0.341 e. The van der Waals surface area contributed by atoms with E-state index >= 15 is 0 Å². The van der Waals surface area contributed by atoms with E-state index in [-0.39, 0.29) is 18.0 Å². The summed E-state index contributed by atoms with van der Waals surface area (Å²) in [5, 5.41) is 18.6. The van der Waals surface area contributed by atoms with Gasteiger partial charge in [0.15, 0.2) is 0 Å². The molecular weight excluding hydrogens is 288 g/mol. The topological polar surface area (TPSA) is 99.1 Å². The lowest BCUT2D eigenvalue weighted by molar-refractivity contribution is -0.385. The number of carbonyl (C=O) groups is 1. The first-order valence-electron chi connectivity index (χ1n) is 6.76. The molecule has 118 valence electrons. The van der Waals surface area contributed by atoms with Gasteiger partial charge in [-0.25, -0.2) is 0 Å². The van der Waals surface area contributed by atoms with Crippen molar-refractivity contribution in [1.29, 1.82) is 0 Å². The number of rotatable bonds is 6. The second-order valence-corrected chi connectivity index (χ2v) is 5.10. The number of hydrogen-bond donors (Lipinski definition) is 0. The Labute approximate surface area is 127 Å². The van der Waals surface area contributed by atoms with Crippen LogP contribution in [0.4, 0.5) is 5.69 Å². The highest BCUT2D eigenvalue weighted by molar-refractivity contribution is 5.75. The molecule has 0 aliphatic rings. The molecule has 0 unspecified atom stereocenters. The van der Waals surface area contributed by atoms with E-state index < -0.39 is 4.92 Å². The molecule has 0 saturated carbocycles. The van der Waals surface area contributed by atoms with Gasteiger partial charge in [-0.05, 0) is 6.92 Å². The van der Waals surface area contributed by atoms with Crippen LogP contribution < -0.4 is 0 Å². The highest BCUT2D eigenvalue weighted by Gasteiger charge is 2.14. The summed E-state index contributed by atoms with van der Waals surface area (Å²) in [6.07, 6.45) is 4.47. The number of carbonyl (C=O) groups excluding carboxylic acids is 1. The van der Waals surface area contributed by atoms with Gasteiger partial charge < -0.3 is 4.90 Å². The van der Waals surface area contributed by atoms with Crippen molar-refractivity contribution in [3.8, 4) is 0 Å². The molecule has 22 heavy (non-hydrogen) atoms. The van der Waals surface area contributed by atoms with E-state index in [4.69, 9.17) is 0 Å². The molecule has 0 saturated heterocycles. The molecule has 0 aliphatic carbocycles. The predicted octanol–water partition coefficient (Wildman–Crippen LogP) is 0.882. The zero-order valence-electron chi connectivity index (χ0n) is 12.8. The first-order valence-corrected chi connectivity index (χ1v) is 6.76. The summed E-state index contributed by atoms with van der Waals surface area (Å²) in [6.45, 7) is 2.74. The summed E-state index contributed by atoms with van der Waals surface area (Å²) in [6, 6.07) is 0. The van der Waals surface area contributed by atoms with Crippen molar-refractivity contribution in [3.63, 3.8) is 0 Å². The normalized spacial score (nSPS) is 10.7. The van der Waals surface area contributed by atoms with Crippen molar-refractivity contribution in [2.75, 3.05) is 7.05 Å². The fraction of sp³-hybridized carbons (Fsp3) is 0.462. The highest BCUT2D eigenvalue weighted by Crippen LogP contribution is 2.11. The van der Waals surface area contributed by atoms with Gasteiger partial charge in [0.2, 0.25) is 5.91 Å². The summed E-state index contributed by atoms with van der Waals surface area (Å²) in [5.41, 5.74) is 1.93. The average Bonchev–Trinajstić information content (AvgIpc) is 3.07. The average molecular weight is 306 g/mol. The Balaban J connectivity index is 1.88. The van der Waals surface area contributed by atoms with Crippen LogP contribution in [0.2, 0.25) is 0 Å². The molecule has 2 aromatic heterocycles. The standard InChI is InChI=1S/C13H18N6O3/c1-10-11(6-14-17(10)3)8-16(2)13(20)4-5-18-9-12(7-15-18)19(21)22/h6-7,9H,4-5,8H2,1-3H3. The molecular formula is C13H18N6O3. The summed E-state index contributed by atoms with van der Waals surface area (Å²) in [5.74, 6) is -0.0543. The summed E-state index contributed by atoms with van der Waals surface area (Å²) in [4.78, 5) is 23.8. The number of hydrogen-bond acceptors (Lipinski definition) is 5. The summed E-state index contributed by atoms with van der Waals surface area (Å²) >= 11 is 0. The van der Waals surface area contributed by atoms with Gasteiger partial charge in [-0.3, -0.25) is 24.3 Å². The van der Waals surface area contributed by atoms with E-state index in [1.54, 1.807) is 22.8 Å². The molecule has 0 radical (unpaired) electrons.